The van der Waals surface area contributed by atoms with Gasteiger partial charge in [0.05, 0.1) is 5.92 Å². The maximum atomic E-state index is 9.44. The second-order valence-electron chi connectivity index (χ2n) is 5.02. The standard InChI is InChI=1S/C17H13ClN2O/c1-10-2-4-11(5-3-10)16-13-8-12(18)6-7-15(13)21-17(20)14(16)9-19/h2-8,16H,20H2,1H3. The average Bonchev–Trinajstić information content (AvgIpc) is 2.47. The number of allylic oxidation sites excluding steroid dienone is 1. The van der Waals surface area contributed by atoms with Gasteiger partial charge in [-0.25, -0.2) is 0 Å². The second-order valence-corrected chi connectivity index (χ2v) is 5.45. The van der Waals surface area contributed by atoms with E-state index in [1.54, 1.807) is 12.1 Å². The Morgan fingerprint density at radius 3 is 2.57 bits per heavy atom. The molecule has 1 aliphatic rings. The van der Waals surface area contributed by atoms with Crippen molar-refractivity contribution >= 4 is 11.6 Å². The maximum Gasteiger partial charge on any atom is 0.205 e. The molecule has 104 valence electrons. The van der Waals surface area contributed by atoms with Crippen molar-refractivity contribution in [2.45, 2.75) is 12.8 Å². The molecule has 0 spiro atoms. The van der Waals surface area contributed by atoms with E-state index in [2.05, 4.69) is 6.07 Å². The SMILES string of the molecule is Cc1ccc(C2C(C#N)=C(N)Oc3ccc(Cl)cc32)cc1. The lowest BCUT2D eigenvalue weighted by atomic mass is 9.83. The number of aryl methyl sites for hydroxylation is 1. The van der Waals surface area contributed by atoms with Crippen LogP contribution >= 0.6 is 11.6 Å². The summed E-state index contributed by atoms with van der Waals surface area (Å²) in [7, 11) is 0. The predicted molar refractivity (Wildman–Crippen MR) is 81.9 cm³/mol. The highest BCUT2D eigenvalue weighted by Gasteiger charge is 2.30. The second kappa shape index (κ2) is 5.16. The quantitative estimate of drug-likeness (QED) is 0.869. The molecule has 1 atom stereocenters. The number of halogens is 1. The van der Waals surface area contributed by atoms with Gasteiger partial charge in [0.2, 0.25) is 5.88 Å². The fraction of sp³-hybridized carbons (Fsp3) is 0.118. The van der Waals surface area contributed by atoms with Crippen LogP contribution in [0.5, 0.6) is 5.75 Å². The van der Waals surface area contributed by atoms with Crippen LogP contribution in [0, 0.1) is 18.3 Å². The van der Waals surface area contributed by atoms with Crippen LogP contribution in [0.4, 0.5) is 0 Å². The van der Waals surface area contributed by atoms with Crippen molar-refractivity contribution < 1.29 is 4.74 Å². The highest BCUT2D eigenvalue weighted by atomic mass is 35.5. The lowest BCUT2D eigenvalue weighted by Crippen LogP contribution is -2.21. The van der Waals surface area contributed by atoms with E-state index in [0.717, 1.165) is 16.7 Å². The molecule has 4 heteroatoms. The van der Waals surface area contributed by atoms with Gasteiger partial charge in [-0.15, -0.1) is 0 Å². The molecule has 3 nitrogen and oxygen atoms in total. The Bertz CT molecular complexity index is 772. The monoisotopic (exact) mass is 296 g/mol. The minimum atomic E-state index is -0.252. The number of nitriles is 1. The molecule has 2 aromatic rings. The largest absolute Gasteiger partial charge is 0.440 e. The van der Waals surface area contributed by atoms with Gasteiger partial charge in [0.25, 0.3) is 0 Å². The van der Waals surface area contributed by atoms with E-state index in [-0.39, 0.29) is 11.8 Å². The molecule has 0 saturated heterocycles. The molecule has 0 amide bonds. The van der Waals surface area contributed by atoms with Crippen LogP contribution in [0.3, 0.4) is 0 Å². The van der Waals surface area contributed by atoms with E-state index in [1.807, 2.05) is 37.3 Å². The van der Waals surface area contributed by atoms with Crippen molar-refractivity contribution in [3.8, 4) is 11.8 Å². The molecule has 0 aliphatic carbocycles. The number of fused-ring (bicyclic) bond motifs is 1. The zero-order valence-electron chi connectivity index (χ0n) is 11.4. The number of hydrogen-bond acceptors (Lipinski definition) is 3. The number of benzene rings is 2. The fourth-order valence-corrected chi connectivity index (χ4v) is 2.71. The summed E-state index contributed by atoms with van der Waals surface area (Å²) in [5, 5.41) is 10.0. The first-order chi connectivity index (χ1) is 10.1. The molecule has 1 aliphatic heterocycles. The lowest BCUT2D eigenvalue weighted by Gasteiger charge is -2.26. The van der Waals surface area contributed by atoms with Crippen molar-refractivity contribution in [3.63, 3.8) is 0 Å². The maximum absolute atomic E-state index is 9.44. The Morgan fingerprint density at radius 1 is 1.19 bits per heavy atom. The van der Waals surface area contributed by atoms with Crippen molar-refractivity contribution in [3.05, 3.63) is 75.6 Å². The minimum absolute atomic E-state index is 0.151. The van der Waals surface area contributed by atoms with Crippen molar-refractivity contribution in [1.82, 2.24) is 0 Å². The molecular formula is C17H13ClN2O. The number of nitrogens with two attached hydrogens (primary N) is 1. The number of nitrogens with zero attached hydrogens (tertiary/aromatic N) is 1. The van der Waals surface area contributed by atoms with Gasteiger partial charge in [-0.2, -0.15) is 5.26 Å². The average molecular weight is 297 g/mol. The third-order valence-corrected chi connectivity index (χ3v) is 3.82. The van der Waals surface area contributed by atoms with Crippen molar-refractivity contribution in [1.29, 1.82) is 5.26 Å². The van der Waals surface area contributed by atoms with Gasteiger partial charge < -0.3 is 10.5 Å². The summed E-state index contributed by atoms with van der Waals surface area (Å²) in [6, 6.07) is 15.5. The normalized spacial score (nSPS) is 16.9. The first-order valence-corrected chi connectivity index (χ1v) is 6.91. The van der Waals surface area contributed by atoms with Gasteiger partial charge in [-0.05, 0) is 30.7 Å². The smallest absolute Gasteiger partial charge is 0.205 e. The summed E-state index contributed by atoms with van der Waals surface area (Å²) < 4.78 is 5.54. The Hall–Kier alpha value is -2.44. The van der Waals surface area contributed by atoms with Crippen molar-refractivity contribution in [2.75, 3.05) is 0 Å². The summed E-state index contributed by atoms with van der Waals surface area (Å²) in [6.45, 7) is 2.02. The van der Waals surface area contributed by atoms with Gasteiger partial charge in [-0.3, -0.25) is 0 Å². The molecule has 3 rings (SSSR count). The van der Waals surface area contributed by atoms with Crippen LogP contribution < -0.4 is 10.5 Å². The Morgan fingerprint density at radius 2 is 1.90 bits per heavy atom. The summed E-state index contributed by atoms with van der Waals surface area (Å²) >= 11 is 6.10. The highest BCUT2D eigenvalue weighted by molar-refractivity contribution is 6.30. The van der Waals surface area contributed by atoms with E-state index >= 15 is 0 Å². The van der Waals surface area contributed by atoms with E-state index in [1.165, 1.54) is 0 Å². The molecule has 1 unspecified atom stereocenters. The topological polar surface area (TPSA) is 59.0 Å². The third kappa shape index (κ3) is 2.35. The van der Waals surface area contributed by atoms with Crippen LogP contribution in [0.1, 0.15) is 22.6 Å². The zero-order chi connectivity index (χ0) is 15.0. The predicted octanol–water partition coefficient (Wildman–Crippen LogP) is 3.87. The lowest BCUT2D eigenvalue weighted by molar-refractivity contribution is 0.393. The molecular weight excluding hydrogens is 284 g/mol. The summed E-state index contributed by atoms with van der Waals surface area (Å²) in [4.78, 5) is 0. The van der Waals surface area contributed by atoms with Crippen molar-refractivity contribution in [2.24, 2.45) is 5.73 Å². The fourth-order valence-electron chi connectivity index (χ4n) is 2.53. The summed E-state index contributed by atoms with van der Waals surface area (Å²) in [5.41, 5.74) is 9.32. The number of ether oxygens (including phenoxy) is 1. The Kier molecular flexibility index (Phi) is 3.32. The van der Waals surface area contributed by atoms with Crippen LogP contribution in [0.2, 0.25) is 5.02 Å². The van der Waals surface area contributed by atoms with E-state index in [0.29, 0.717) is 16.3 Å². The molecule has 2 N–H and O–H groups in total. The van der Waals surface area contributed by atoms with E-state index < -0.39 is 0 Å². The van der Waals surface area contributed by atoms with Gasteiger partial charge in [0, 0.05) is 10.6 Å². The Balaban J connectivity index is 2.22. The summed E-state index contributed by atoms with van der Waals surface area (Å²) in [6.07, 6.45) is 0. The van der Waals surface area contributed by atoms with E-state index in [9.17, 15) is 5.26 Å². The highest BCUT2D eigenvalue weighted by Crippen LogP contribution is 2.42. The van der Waals surface area contributed by atoms with E-state index in [4.69, 9.17) is 22.1 Å². The van der Waals surface area contributed by atoms with Gasteiger partial charge in [0.15, 0.2) is 0 Å². The minimum Gasteiger partial charge on any atom is -0.440 e. The molecule has 21 heavy (non-hydrogen) atoms. The number of rotatable bonds is 1. The molecule has 0 fully saturated rings. The molecule has 2 aromatic carbocycles. The van der Waals surface area contributed by atoms with Gasteiger partial charge >= 0.3 is 0 Å². The van der Waals surface area contributed by atoms with Crippen LogP contribution in [-0.2, 0) is 0 Å². The Labute approximate surface area is 128 Å². The molecule has 0 bridgehead atoms. The van der Waals surface area contributed by atoms with Crippen LogP contribution in [0.15, 0.2) is 53.9 Å². The zero-order valence-corrected chi connectivity index (χ0v) is 12.2. The van der Waals surface area contributed by atoms with Gasteiger partial charge in [0.1, 0.15) is 17.4 Å². The molecule has 0 radical (unpaired) electrons. The number of hydrogen-bond donors (Lipinski definition) is 1. The third-order valence-electron chi connectivity index (χ3n) is 3.59. The first-order valence-electron chi connectivity index (χ1n) is 6.53. The molecule has 0 saturated carbocycles. The molecule has 1 heterocycles. The molecule has 0 aromatic heterocycles. The van der Waals surface area contributed by atoms with Crippen LogP contribution in [0.25, 0.3) is 0 Å². The first kappa shape index (κ1) is 13.5. The van der Waals surface area contributed by atoms with Crippen LogP contribution in [-0.4, -0.2) is 0 Å². The van der Waals surface area contributed by atoms with Gasteiger partial charge in [-0.1, -0.05) is 41.4 Å². The summed E-state index contributed by atoms with van der Waals surface area (Å²) in [5.74, 6) is 0.539.